The van der Waals surface area contributed by atoms with Crippen LogP contribution in [0.25, 0.3) is 0 Å². The number of alkyl halides is 1. The second-order valence-corrected chi connectivity index (χ2v) is 1.72. The maximum atomic E-state index is 7.00. The van der Waals surface area contributed by atoms with Gasteiger partial charge in [-0.3, -0.25) is 0 Å². The molecule has 1 rings (SSSR count). The maximum Gasteiger partial charge on any atom is 0.0702 e. The van der Waals surface area contributed by atoms with Crippen molar-refractivity contribution in [3.8, 4) is 0 Å². The molecular formula is C7H13ClO2Ti. The molecule has 1 aliphatic carbocycles. The predicted octanol–water partition coefficient (Wildman–Crippen LogP) is 0.934. The smallest absolute Gasteiger partial charge is 0.0702 e. The van der Waals surface area contributed by atoms with Crippen LogP contribution in [0.3, 0.4) is 0 Å². The Morgan fingerprint density at radius 3 is 1.36 bits per heavy atom. The van der Waals surface area contributed by atoms with Crippen molar-refractivity contribution in [3.05, 3.63) is 24.3 Å². The second kappa shape index (κ2) is 16.8. The Morgan fingerprint density at radius 1 is 1.00 bits per heavy atom. The van der Waals surface area contributed by atoms with Crippen LogP contribution in [-0.2, 0) is 21.7 Å². The summed E-state index contributed by atoms with van der Waals surface area (Å²) < 4.78 is 0. The summed E-state index contributed by atoms with van der Waals surface area (Å²) in [6.45, 7) is 0. The first-order chi connectivity index (χ1) is 4.89. The molecule has 2 N–H and O–H groups in total. The summed E-state index contributed by atoms with van der Waals surface area (Å²) in [5, 5.41) is 14.2. The fraction of sp³-hybridized carbons (Fsp3) is 0.429. The van der Waals surface area contributed by atoms with E-state index in [4.69, 9.17) is 21.8 Å². The molecule has 0 amide bonds. The van der Waals surface area contributed by atoms with Gasteiger partial charge in [0.05, 0.1) is 5.38 Å². The van der Waals surface area contributed by atoms with Gasteiger partial charge < -0.3 is 10.2 Å². The third-order valence-electron chi connectivity index (χ3n) is 0.701. The maximum absolute atomic E-state index is 7.00. The van der Waals surface area contributed by atoms with Crippen molar-refractivity contribution in [1.29, 1.82) is 0 Å². The van der Waals surface area contributed by atoms with Gasteiger partial charge in [-0.25, -0.2) is 0 Å². The summed E-state index contributed by atoms with van der Waals surface area (Å²) in [5.74, 6) is 0. The molecule has 0 aromatic heterocycles. The molecule has 0 radical (unpaired) electrons. The van der Waals surface area contributed by atoms with Gasteiger partial charge in [-0.1, -0.05) is 24.3 Å². The summed E-state index contributed by atoms with van der Waals surface area (Å²) in [4.78, 5) is 0. The van der Waals surface area contributed by atoms with Gasteiger partial charge in [0.2, 0.25) is 0 Å². The molecule has 0 heterocycles. The number of hydrogen-bond acceptors (Lipinski definition) is 2. The normalized spacial score (nSPS) is 12.1. The fourth-order valence-electron chi connectivity index (χ4n) is 0.405. The molecule has 4 heteroatoms. The zero-order chi connectivity index (χ0) is 8.41. The molecule has 0 unspecified atom stereocenters. The molecular weight excluding hydrogens is 199 g/mol. The van der Waals surface area contributed by atoms with E-state index in [0.29, 0.717) is 0 Å². The molecule has 0 saturated heterocycles. The Balaban J connectivity index is -0.000000114. The van der Waals surface area contributed by atoms with Crippen LogP contribution < -0.4 is 0 Å². The van der Waals surface area contributed by atoms with E-state index in [2.05, 4.69) is 0 Å². The average molecular weight is 212 g/mol. The number of aliphatic hydroxyl groups is 2. The Labute approximate surface area is 87.5 Å². The van der Waals surface area contributed by atoms with Gasteiger partial charge in [-0.15, -0.1) is 11.6 Å². The van der Waals surface area contributed by atoms with Crippen LogP contribution in [0, 0.1) is 0 Å². The minimum absolute atomic E-state index is 0. The van der Waals surface area contributed by atoms with Gasteiger partial charge in [0.15, 0.2) is 0 Å². The van der Waals surface area contributed by atoms with E-state index in [1.165, 1.54) is 0 Å². The third kappa shape index (κ3) is 13.4. The first-order valence-electron chi connectivity index (χ1n) is 2.78. The summed E-state index contributed by atoms with van der Waals surface area (Å²) in [6.07, 6.45) is 7.75. The van der Waals surface area contributed by atoms with Crippen molar-refractivity contribution < 1.29 is 31.9 Å². The van der Waals surface area contributed by atoms with E-state index in [1.807, 2.05) is 24.3 Å². The van der Waals surface area contributed by atoms with Crippen molar-refractivity contribution in [3.63, 3.8) is 0 Å². The second-order valence-electron chi connectivity index (χ2n) is 1.21. The van der Waals surface area contributed by atoms with Crippen LogP contribution in [0.4, 0.5) is 0 Å². The van der Waals surface area contributed by atoms with Crippen LogP contribution in [0.5, 0.6) is 0 Å². The number of hydrogen-bond donors (Lipinski definition) is 2. The molecule has 1 aliphatic rings. The van der Waals surface area contributed by atoms with E-state index < -0.39 is 0 Å². The zero-order valence-corrected chi connectivity index (χ0v) is 8.98. The van der Waals surface area contributed by atoms with Crippen molar-refractivity contribution in [2.45, 2.75) is 5.38 Å². The van der Waals surface area contributed by atoms with Crippen molar-refractivity contribution in [2.24, 2.45) is 0 Å². The largest absolute Gasteiger partial charge is 0.400 e. The molecule has 0 aromatic rings. The monoisotopic (exact) mass is 212 g/mol. The molecule has 0 saturated carbocycles. The first-order valence-corrected chi connectivity index (χ1v) is 3.22. The van der Waals surface area contributed by atoms with Crippen LogP contribution in [0.2, 0.25) is 0 Å². The van der Waals surface area contributed by atoms with Gasteiger partial charge in [0.1, 0.15) is 0 Å². The Morgan fingerprint density at radius 2 is 1.27 bits per heavy atom. The summed E-state index contributed by atoms with van der Waals surface area (Å²) >= 11 is 5.54. The third-order valence-corrected chi connectivity index (χ3v) is 0.992. The average Bonchev–Trinajstić information content (AvgIpc) is 2.48. The molecule has 0 spiro atoms. The topological polar surface area (TPSA) is 40.5 Å². The van der Waals surface area contributed by atoms with E-state index >= 15 is 0 Å². The number of aliphatic hydroxyl groups excluding tert-OH is 2. The predicted molar refractivity (Wildman–Crippen MR) is 44.2 cm³/mol. The quantitative estimate of drug-likeness (QED) is 0.463. The molecule has 0 aliphatic heterocycles. The van der Waals surface area contributed by atoms with E-state index in [9.17, 15) is 0 Å². The fourth-order valence-corrected chi connectivity index (χ4v) is 0.573. The Hall–Kier alpha value is 0.404. The van der Waals surface area contributed by atoms with Gasteiger partial charge in [0, 0.05) is 35.9 Å². The summed E-state index contributed by atoms with van der Waals surface area (Å²) in [5.41, 5.74) is 0. The van der Waals surface area contributed by atoms with E-state index in [0.717, 1.165) is 14.2 Å². The number of halogens is 1. The van der Waals surface area contributed by atoms with Gasteiger partial charge in [-0.2, -0.15) is 0 Å². The molecule has 2 nitrogen and oxygen atoms in total. The first kappa shape index (κ1) is 17.5. The van der Waals surface area contributed by atoms with E-state index in [-0.39, 0.29) is 27.1 Å². The summed E-state index contributed by atoms with van der Waals surface area (Å²) in [6, 6.07) is 0. The van der Waals surface area contributed by atoms with Crippen LogP contribution >= 0.6 is 11.6 Å². The van der Waals surface area contributed by atoms with E-state index in [1.54, 1.807) is 0 Å². The van der Waals surface area contributed by atoms with Gasteiger partial charge in [0.25, 0.3) is 0 Å². The zero-order valence-electron chi connectivity index (χ0n) is 6.66. The Bertz CT molecular complexity index is 92.6. The van der Waals surface area contributed by atoms with Crippen molar-refractivity contribution in [2.75, 3.05) is 14.2 Å². The Kier molecular flexibility index (Phi) is 26.7. The number of rotatable bonds is 0. The van der Waals surface area contributed by atoms with Gasteiger partial charge >= 0.3 is 0 Å². The van der Waals surface area contributed by atoms with Gasteiger partial charge in [-0.05, 0) is 0 Å². The SMILES string of the molecule is CO.CO.ClC1C=CC=C1.[Ti]. The standard InChI is InChI=1S/C5H5Cl.2CH4O.Ti/c6-5-3-1-2-4-5;2*1-2;/h1-5H;2*2H,1H3;. The molecule has 0 fully saturated rings. The molecule has 0 aromatic carbocycles. The molecule has 0 atom stereocenters. The molecule has 11 heavy (non-hydrogen) atoms. The minimum atomic E-state index is 0. The van der Waals surface area contributed by atoms with Crippen LogP contribution in [0.15, 0.2) is 24.3 Å². The molecule has 0 bridgehead atoms. The minimum Gasteiger partial charge on any atom is -0.400 e. The number of allylic oxidation sites excluding steroid dienone is 4. The van der Waals surface area contributed by atoms with Crippen LogP contribution in [-0.4, -0.2) is 29.8 Å². The van der Waals surface area contributed by atoms with Crippen LogP contribution in [0.1, 0.15) is 0 Å². The summed E-state index contributed by atoms with van der Waals surface area (Å²) in [7, 11) is 2.00. The van der Waals surface area contributed by atoms with Crippen molar-refractivity contribution in [1.82, 2.24) is 0 Å². The van der Waals surface area contributed by atoms with Crippen molar-refractivity contribution >= 4 is 11.6 Å². The molecule has 64 valence electrons.